The highest BCUT2D eigenvalue weighted by atomic mass is 35.5. The Hall–Kier alpha value is -1.33. The second-order valence-electron chi connectivity index (χ2n) is 5.34. The van der Waals surface area contributed by atoms with Crippen molar-refractivity contribution in [3.05, 3.63) is 22.8 Å². The summed E-state index contributed by atoms with van der Waals surface area (Å²) in [7, 11) is 1.69. The summed E-state index contributed by atoms with van der Waals surface area (Å²) in [5.41, 5.74) is 0.542. The van der Waals surface area contributed by atoms with Gasteiger partial charge in [0.15, 0.2) is 0 Å². The van der Waals surface area contributed by atoms with Crippen molar-refractivity contribution in [2.45, 2.75) is 19.8 Å². The molecule has 0 aliphatic carbocycles. The van der Waals surface area contributed by atoms with Crippen LogP contribution in [-0.2, 0) is 4.74 Å². The van der Waals surface area contributed by atoms with Gasteiger partial charge in [0.2, 0.25) is 0 Å². The van der Waals surface area contributed by atoms with E-state index in [-0.39, 0.29) is 5.91 Å². The Morgan fingerprint density at radius 2 is 2.43 bits per heavy atom. The number of carbonyl (C=O) groups excluding carboxylic acids is 1. The summed E-state index contributed by atoms with van der Waals surface area (Å²) in [6.45, 7) is 5.08. The second-order valence-corrected chi connectivity index (χ2v) is 5.75. The Bertz CT molecular complexity index is 496. The predicted molar refractivity (Wildman–Crippen MR) is 83.9 cm³/mol. The van der Waals surface area contributed by atoms with Crippen molar-refractivity contribution in [1.82, 2.24) is 9.88 Å². The van der Waals surface area contributed by atoms with E-state index in [9.17, 15) is 4.79 Å². The van der Waals surface area contributed by atoms with Crippen molar-refractivity contribution in [1.29, 1.82) is 0 Å². The van der Waals surface area contributed by atoms with Crippen LogP contribution in [0.3, 0.4) is 0 Å². The molecular weight excluding hydrogens is 290 g/mol. The van der Waals surface area contributed by atoms with Crippen molar-refractivity contribution in [3.63, 3.8) is 0 Å². The monoisotopic (exact) mass is 311 g/mol. The lowest BCUT2D eigenvalue weighted by molar-refractivity contribution is 0.0775. The summed E-state index contributed by atoms with van der Waals surface area (Å²) in [5.74, 6) is 1.05. The molecule has 1 atom stereocenters. The van der Waals surface area contributed by atoms with E-state index in [2.05, 4.69) is 17.2 Å². The fourth-order valence-electron chi connectivity index (χ4n) is 2.50. The summed E-state index contributed by atoms with van der Waals surface area (Å²) in [6, 6.07) is 1.69. The average Bonchev–Trinajstić information content (AvgIpc) is 2.94. The molecule has 1 saturated heterocycles. The number of halogens is 1. The van der Waals surface area contributed by atoms with Crippen LogP contribution in [0.15, 0.2) is 12.3 Å². The molecule has 21 heavy (non-hydrogen) atoms. The largest absolute Gasteiger partial charge is 0.384 e. The van der Waals surface area contributed by atoms with E-state index in [1.807, 2.05) is 4.90 Å². The standard InChI is InChI=1S/C15H22ClN3O2/c1-3-5-17-14-13(16)7-12(8-18-14)15(20)19-6-4-11(9-19)10-21-2/h7-8,11H,3-6,9-10H2,1-2H3,(H,17,18). The highest BCUT2D eigenvalue weighted by Crippen LogP contribution is 2.23. The highest BCUT2D eigenvalue weighted by molar-refractivity contribution is 6.33. The normalized spacial score (nSPS) is 18.0. The Balaban J connectivity index is 2.01. The summed E-state index contributed by atoms with van der Waals surface area (Å²) in [5, 5.41) is 3.63. The third-order valence-corrected chi connectivity index (χ3v) is 3.89. The topological polar surface area (TPSA) is 54.5 Å². The minimum atomic E-state index is -0.00922. The number of methoxy groups -OCH3 is 1. The van der Waals surface area contributed by atoms with Crippen LogP contribution >= 0.6 is 11.6 Å². The number of hydrogen-bond donors (Lipinski definition) is 1. The summed E-state index contributed by atoms with van der Waals surface area (Å²) in [6.07, 6.45) is 3.57. The van der Waals surface area contributed by atoms with Crippen LogP contribution in [0.4, 0.5) is 5.82 Å². The molecule has 116 valence electrons. The maximum absolute atomic E-state index is 12.4. The smallest absolute Gasteiger partial charge is 0.255 e. The van der Waals surface area contributed by atoms with E-state index in [1.165, 1.54) is 0 Å². The van der Waals surface area contributed by atoms with E-state index in [1.54, 1.807) is 19.4 Å². The summed E-state index contributed by atoms with van der Waals surface area (Å²) < 4.78 is 5.15. The highest BCUT2D eigenvalue weighted by Gasteiger charge is 2.27. The molecule has 2 heterocycles. The zero-order valence-electron chi connectivity index (χ0n) is 12.6. The van der Waals surface area contributed by atoms with Gasteiger partial charge in [-0.2, -0.15) is 0 Å². The van der Waals surface area contributed by atoms with Crippen LogP contribution in [0, 0.1) is 5.92 Å². The maximum atomic E-state index is 12.4. The van der Waals surface area contributed by atoms with Crippen LogP contribution in [0.25, 0.3) is 0 Å². The van der Waals surface area contributed by atoms with Gasteiger partial charge >= 0.3 is 0 Å². The van der Waals surface area contributed by atoms with Crippen molar-refractivity contribution in [2.24, 2.45) is 5.92 Å². The fraction of sp³-hybridized carbons (Fsp3) is 0.600. The van der Waals surface area contributed by atoms with Gasteiger partial charge in [-0.1, -0.05) is 18.5 Å². The van der Waals surface area contributed by atoms with Gasteiger partial charge in [0.25, 0.3) is 5.91 Å². The molecule has 0 spiro atoms. The number of nitrogens with zero attached hydrogens (tertiary/aromatic N) is 2. The van der Waals surface area contributed by atoms with Gasteiger partial charge in [0, 0.05) is 38.9 Å². The molecule has 0 aromatic carbocycles. The van der Waals surface area contributed by atoms with E-state index >= 15 is 0 Å². The molecule has 0 radical (unpaired) electrons. The summed E-state index contributed by atoms with van der Waals surface area (Å²) in [4.78, 5) is 18.5. The number of pyridine rings is 1. The van der Waals surface area contributed by atoms with Crippen LogP contribution < -0.4 is 5.32 Å². The molecular formula is C15H22ClN3O2. The number of likely N-dealkylation sites (tertiary alicyclic amines) is 1. The molecule has 2 rings (SSSR count). The lowest BCUT2D eigenvalue weighted by Gasteiger charge is -2.17. The first-order valence-electron chi connectivity index (χ1n) is 7.33. The second kappa shape index (κ2) is 7.61. The number of rotatable bonds is 6. The van der Waals surface area contributed by atoms with Crippen molar-refractivity contribution < 1.29 is 9.53 Å². The maximum Gasteiger partial charge on any atom is 0.255 e. The first kappa shape index (κ1) is 16.0. The Morgan fingerprint density at radius 3 is 3.10 bits per heavy atom. The number of ether oxygens (including phenoxy) is 1. The predicted octanol–water partition coefficient (Wildman–Crippen LogP) is 2.67. The lowest BCUT2D eigenvalue weighted by Crippen LogP contribution is -2.29. The number of nitrogens with one attached hydrogen (secondary N) is 1. The molecule has 1 aliphatic heterocycles. The molecule has 5 nitrogen and oxygen atoms in total. The van der Waals surface area contributed by atoms with E-state index in [0.717, 1.165) is 32.5 Å². The van der Waals surface area contributed by atoms with Gasteiger partial charge in [-0.05, 0) is 18.9 Å². The minimum absolute atomic E-state index is 0.00922. The minimum Gasteiger partial charge on any atom is -0.384 e. The van der Waals surface area contributed by atoms with E-state index in [0.29, 0.717) is 28.9 Å². The van der Waals surface area contributed by atoms with Gasteiger partial charge in [-0.15, -0.1) is 0 Å². The van der Waals surface area contributed by atoms with Crippen molar-refractivity contribution in [2.75, 3.05) is 38.7 Å². The zero-order valence-corrected chi connectivity index (χ0v) is 13.3. The third-order valence-electron chi connectivity index (χ3n) is 3.61. The SMILES string of the molecule is CCCNc1ncc(C(=O)N2CCC(COC)C2)cc1Cl. The summed E-state index contributed by atoms with van der Waals surface area (Å²) >= 11 is 6.18. The molecule has 1 amide bonds. The molecule has 1 aromatic heterocycles. The Morgan fingerprint density at radius 1 is 1.62 bits per heavy atom. The van der Waals surface area contributed by atoms with Crippen LogP contribution in [0.1, 0.15) is 30.1 Å². The molecule has 1 aliphatic rings. The van der Waals surface area contributed by atoms with Crippen molar-refractivity contribution >= 4 is 23.3 Å². The number of amides is 1. The van der Waals surface area contributed by atoms with Crippen molar-refractivity contribution in [3.8, 4) is 0 Å². The van der Waals surface area contributed by atoms with Gasteiger partial charge in [0.1, 0.15) is 5.82 Å². The number of anilines is 1. The number of carbonyl (C=O) groups is 1. The lowest BCUT2D eigenvalue weighted by atomic mass is 10.1. The molecule has 1 N–H and O–H groups in total. The molecule has 6 heteroatoms. The quantitative estimate of drug-likeness (QED) is 0.877. The van der Waals surface area contributed by atoms with Gasteiger partial charge in [0.05, 0.1) is 17.2 Å². The molecule has 1 aromatic rings. The molecule has 1 unspecified atom stereocenters. The zero-order chi connectivity index (χ0) is 15.2. The first-order chi connectivity index (χ1) is 10.2. The molecule has 1 fully saturated rings. The van der Waals surface area contributed by atoms with Crippen LogP contribution in [0.5, 0.6) is 0 Å². The van der Waals surface area contributed by atoms with Gasteiger partial charge in [-0.3, -0.25) is 4.79 Å². The Labute approximate surface area is 130 Å². The van der Waals surface area contributed by atoms with Crippen LogP contribution in [-0.4, -0.2) is 49.1 Å². The fourth-order valence-corrected chi connectivity index (χ4v) is 2.73. The first-order valence-corrected chi connectivity index (χ1v) is 7.71. The number of hydrogen-bond acceptors (Lipinski definition) is 4. The number of aromatic nitrogens is 1. The third kappa shape index (κ3) is 4.08. The van der Waals surface area contributed by atoms with Gasteiger partial charge < -0.3 is 15.0 Å². The van der Waals surface area contributed by atoms with E-state index in [4.69, 9.17) is 16.3 Å². The van der Waals surface area contributed by atoms with E-state index < -0.39 is 0 Å². The van der Waals surface area contributed by atoms with Gasteiger partial charge in [-0.25, -0.2) is 4.98 Å². The average molecular weight is 312 g/mol. The Kier molecular flexibility index (Phi) is 5.82. The molecule has 0 saturated carbocycles. The van der Waals surface area contributed by atoms with Crippen LogP contribution in [0.2, 0.25) is 5.02 Å². The molecule has 0 bridgehead atoms.